The molecular formula is C15H17N3O3. The highest BCUT2D eigenvalue weighted by Gasteiger charge is 2.26. The van der Waals surface area contributed by atoms with Gasteiger partial charge in [0.2, 0.25) is 5.91 Å². The van der Waals surface area contributed by atoms with Gasteiger partial charge in [0.15, 0.2) is 11.5 Å². The normalized spacial score (nSPS) is 17.5. The molecule has 1 N–H and O–H groups in total. The van der Waals surface area contributed by atoms with E-state index in [0.717, 1.165) is 16.5 Å². The zero-order valence-electron chi connectivity index (χ0n) is 12.2. The maximum Gasteiger partial charge on any atom is 0.239 e. The van der Waals surface area contributed by atoms with E-state index in [2.05, 4.69) is 10.1 Å². The number of nitrogens with zero attached hydrogens (tertiary/aromatic N) is 2. The van der Waals surface area contributed by atoms with E-state index in [0.29, 0.717) is 18.0 Å². The second kappa shape index (κ2) is 5.12. The summed E-state index contributed by atoms with van der Waals surface area (Å²) in [6, 6.07) is 3.82. The van der Waals surface area contributed by atoms with E-state index >= 15 is 0 Å². The highest BCUT2D eigenvalue weighted by atomic mass is 16.5. The lowest BCUT2D eigenvalue weighted by Crippen LogP contribution is -2.22. The summed E-state index contributed by atoms with van der Waals surface area (Å²) >= 11 is 0. The molecule has 1 atom stereocenters. The Labute approximate surface area is 122 Å². The van der Waals surface area contributed by atoms with Crippen LogP contribution in [0.2, 0.25) is 0 Å². The predicted molar refractivity (Wildman–Crippen MR) is 80.0 cm³/mol. The van der Waals surface area contributed by atoms with Crippen molar-refractivity contribution in [2.45, 2.75) is 12.8 Å². The summed E-state index contributed by atoms with van der Waals surface area (Å²) in [6.07, 6.45) is 3.73. The van der Waals surface area contributed by atoms with Crippen molar-refractivity contribution >= 4 is 23.0 Å². The molecule has 1 amide bonds. The van der Waals surface area contributed by atoms with Crippen molar-refractivity contribution in [2.75, 3.05) is 20.8 Å². The number of H-pyrrole nitrogens is 1. The molecular weight excluding hydrogens is 270 g/mol. The molecule has 0 saturated carbocycles. The number of ether oxygens (including phenoxy) is 2. The monoisotopic (exact) mass is 287 g/mol. The first-order chi connectivity index (χ1) is 10.2. The first-order valence-corrected chi connectivity index (χ1v) is 6.70. The molecule has 6 heteroatoms. The summed E-state index contributed by atoms with van der Waals surface area (Å²) in [6.45, 7) is 2.06. The third-order valence-corrected chi connectivity index (χ3v) is 3.74. The van der Waals surface area contributed by atoms with Crippen LogP contribution in [-0.2, 0) is 4.79 Å². The number of hydrogen-bond acceptors (Lipinski definition) is 4. The van der Waals surface area contributed by atoms with Gasteiger partial charge in [-0.3, -0.25) is 4.79 Å². The summed E-state index contributed by atoms with van der Waals surface area (Å²) in [5.41, 5.74) is 2.02. The summed E-state index contributed by atoms with van der Waals surface area (Å²) in [7, 11) is 3.24. The zero-order valence-corrected chi connectivity index (χ0v) is 12.2. The van der Waals surface area contributed by atoms with Gasteiger partial charge in [0, 0.05) is 36.2 Å². The molecule has 6 nitrogen and oxygen atoms in total. The minimum Gasteiger partial charge on any atom is -0.493 e. The molecule has 0 spiro atoms. The average Bonchev–Trinajstić information content (AvgIpc) is 3.12. The highest BCUT2D eigenvalue weighted by Crippen LogP contribution is 2.40. The molecule has 2 aromatic rings. The van der Waals surface area contributed by atoms with Gasteiger partial charge < -0.3 is 14.5 Å². The van der Waals surface area contributed by atoms with E-state index in [1.165, 1.54) is 11.9 Å². The summed E-state index contributed by atoms with van der Waals surface area (Å²) < 4.78 is 10.9. The predicted octanol–water partition coefficient (Wildman–Crippen LogP) is 2.12. The van der Waals surface area contributed by atoms with E-state index in [1.54, 1.807) is 20.4 Å². The number of amides is 1. The van der Waals surface area contributed by atoms with E-state index in [9.17, 15) is 4.79 Å². The number of hydrogen-bond donors (Lipinski definition) is 1. The molecule has 3 rings (SSSR count). The molecule has 0 fully saturated rings. The number of carbonyl (C=O) groups is 1. The Bertz CT molecular complexity index is 720. The fourth-order valence-corrected chi connectivity index (χ4v) is 2.68. The maximum atomic E-state index is 11.4. The average molecular weight is 287 g/mol. The number of aromatic nitrogens is 1. The Morgan fingerprint density at radius 1 is 1.38 bits per heavy atom. The SMILES string of the molecule is COc1ccc2[nH]cc(C3C=NN(C(C)=O)C3)c2c1OC. The molecule has 1 aromatic carbocycles. The van der Waals surface area contributed by atoms with Gasteiger partial charge in [0.05, 0.1) is 20.8 Å². The number of fused-ring (bicyclic) bond motifs is 1. The van der Waals surface area contributed by atoms with Crippen LogP contribution in [0.15, 0.2) is 23.4 Å². The van der Waals surface area contributed by atoms with Crippen LogP contribution in [0.25, 0.3) is 10.9 Å². The summed E-state index contributed by atoms with van der Waals surface area (Å²) in [5, 5.41) is 6.59. The smallest absolute Gasteiger partial charge is 0.239 e. The van der Waals surface area contributed by atoms with Gasteiger partial charge in [-0.05, 0) is 17.7 Å². The molecule has 2 heterocycles. The van der Waals surface area contributed by atoms with Gasteiger partial charge in [-0.1, -0.05) is 0 Å². The van der Waals surface area contributed by atoms with Gasteiger partial charge in [-0.2, -0.15) is 5.10 Å². The third kappa shape index (κ3) is 2.12. The number of hydrazone groups is 1. The highest BCUT2D eigenvalue weighted by molar-refractivity contribution is 5.95. The van der Waals surface area contributed by atoms with E-state index in [1.807, 2.05) is 18.3 Å². The van der Waals surface area contributed by atoms with Crippen LogP contribution in [0, 0.1) is 0 Å². The number of carbonyl (C=O) groups excluding carboxylic acids is 1. The van der Waals surface area contributed by atoms with Crippen LogP contribution in [0.3, 0.4) is 0 Å². The van der Waals surface area contributed by atoms with Gasteiger partial charge in [-0.15, -0.1) is 0 Å². The zero-order chi connectivity index (χ0) is 15.0. The van der Waals surface area contributed by atoms with Crippen LogP contribution < -0.4 is 9.47 Å². The van der Waals surface area contributed by atoms with Crippen LogP contribution in [-0.4, -0.2) is 42.9 Å². The first kappa shape index (κ1) is 13.5. The second-order valence-corrected chi connectivity index (χ2v) is 4.94. The Balaban J connectivity index is 2.08. The van der Waals surface area contributed by atoms with Crippen LogP contribution in [0.1, 0.15) is 18.4 Å². The van der Waals surface area contributed by atoms with Gasteiger partial charge in [-0.25, -0.2) is 5.01 Å². The molecule has 0 saturated heterocycles. The molecule has 1 aromatic heterocycles. The Morgan fingerprint density at radius 2 is 2.19 bits per heavy atom. The summed E-state index contributed by atoms with van der Waals surface area (Å²) in [5.74, 6) is 1.37. The lowest BCUT2D eigenvalue weighted by molar-refractivity contribution is -0.128. The molecule has 1 unspecified atom stereocenters. The van der Waals surface area contributed by atoms with Gasteiger partial charge in [0.1, 0.15) is 0 Å². The number of rotatable bonds is 3. The number of nitrogens with one attached hydrogen (secondary N) is 1. The third-order valence-electron chi connectivity index (χ3n) is 3.74. The fourth-order valence-electron chi connectivity index (χ4n) is 2.68. The largest absolute Gasteiger partial charge is 0.493 e. The lowest BCUT2D eigenvalue weighted by atomic mass is 9.99. The topological polar surface area (TPSA) is 66.9 Å². The first-order valence-electron chi connectivity index (χ1n) is 6.70. The molecule has 110 valence electrons. The molecule has 1 aliphatic heterocycles. The Kier molecular flexibility index (Phi) is 3.29. The van der Waals surface area contributed by atoms with E-state index < -0.39 is 0 Å². The Morgan fingerprint density at radius 3 is 2.81 bits per heavy atom. The standard InChI is InChI=1S/C15H17N3O3/c1-9(19)18-8-10(6-17-18)11-7-16-12-4-5-13(20-2)15(21-3)14(11)12/h4-7,10,16H,8H2,1-3H3. The van der Waals surface area contributed by atoms with Crippen LogP contribution >= 0.6 is 0 Å². The van der Waals surface area contributed by atoms with Gasteiger partial charge >= 0.3 is 0 Å². The van der Waals surface area contributed by atoms with E-state index in [-0.39, 0.29) is 11.8 Å². The number of benzene rings is 1. The lowest BCUT2D eigenvalue weighted by Gasteiger charge is -2.13. The van der Waals surface area contributed by atoms with Crippen LogP contribution in [0.5, 0.6) is 11.5 Å². The van der Waals surface area contributed by atoms with Gasteiger partial charge in [0.25, 0.3) is 0 Å². The minimum atomic E-state index is -0.0573. The Hall–Kier alpha value is -2.50. The molecule has 0 radical (unpaired) electrons. The molecule has 0 aliphatic carbocycles. The van der Waals surface area contributed by atoms with Crippen molar-refractivity contribution in [1.82, 2.24) is 9.99 Å². The molecule has 21 heavy (non-hydrogen) atoms. The summed E-state index contributed by atoms with van der Waals surface area (Å²) in [4.78, 5) is 14.6. The van der Waals surface area contributed by atoms with Crippen LogP contribution in [0.4, 0.5) is 0 Å². The molecule has 1 aliphatic rings. The minimum absolute atomic E-state index is 0.0451. The van der Waals surface area contributed by atoms with Crippen molar-refractivity contribution in [2.24, 2.45) is 5.10 Å². The van der Waals surface area contributed by atoms with Crippen molar-refractivity contribution in [3.63, 3.8) is 0 Å². The van der Waals surface area contributed by atoms with E-state index in [4.69, 9.17) is 9.47 Å². The fraction of sp³-hybridized carbons (Fsp3) is 0.333. The maximum absolute atomic E-state index is 11.4. The van der Waals surface area contributed by atoms with Crippen molar-refractivity contribution < 1.29 is 14.3 Å². The van der Waals surface area contributed by atoms with Crippen molar-refractivity contribution in [3.05, 3.63) is 23.9 Å². The quantitative estimate of drug-likeness (QED) is 0.940. The van der Waals surface area contributed by atoms with Crippen molar-refractivity contribution in [1.29, 1.82) is 0 Å². The van der Waals surface area contributed by atoms with Crippen molar-refractivity contribution in [3.8, 4) is 11.5 Å². The molecule has 0 bridgehead atoms. The second-order valence-electron chi connectivity index (χ2n) is 4.94. The number of methoxy groups -OCH3 is 2. The number of aromatic amines is 1.